The Morgan fingerprint density at radius 3 is 2.00 bits per heavy atom. The van der Waals surface area contributed by atoms with E-state index in [9.17, 15) is 17.6 Å². The van der Waals surface area contributed by atoms with Gasteiger partial charge in [-0.2, -0.15) is 14.0 Å². The lowest BCUT2D eigenvalue weighted by Gasteiger charge is -2.10. The van der Waals surface area contributed by atoms with Gasteiger partial charge >= 0.3 is 0 Å². The third-order valence-electron chi connectivity index (χ3n) is 2.86. The molecule has 120 valence electrons. The Balaban J connectivity index is 1.83. The molecule has 0 unspecified atom stereocenters. The summed E-state index contributed by atoms with van der Waals surface area (Å²) in [6, 6.07) is 8.42. The third kappa shape index (κ3) is 4.13. The van der Waals surface area contributed by atoms with Gasteiger partial charge in [-0.3, -0.25) is 0 Å². The first kappa shape index (κ1) is 16.6. The smallest absolute Gasteiger partial charge is 0.203 e. The van der Waals surface area contributed by atoms with E-state index in [1.54, 1.807) is 24.3 Å². The van der Waals surface area contributed by atoms with Crippen molar-refractivity contribution >= 4 is 0 Å². The molecule has 23 heavy (non-hydrogen) atoms. The van der Waals surface area contributed by atoms with Crippen LogP contribution in [0.1, 0.15) is 12.0 Å². The maximum Gasteiger partial charge on any atom is 0.203 e. The van der Waals surface area contributed by atoms with E-state index in [1.165, 1.54) is 0 Å². The Morgan fingerprint density at radius 2 is 1.43 bits per heavy atom. The van der Waals surface area contributed by atoms with Gasteiger partial charge in [-0.25, -0.2) is 8.78 Å². The van der Waals surface area contributed by atoms with Crippen molar-refractivity contribution in [3.05, 3.63) is 59.2 Å². The van der Waals surface area contributed by atoms with Gasteiger partial charge in [0.1, 0.15) is 5.75 Å². The van der Waals surface area contributed by atoms with E-state index in [0.29, 0.717) is 11.3 Å². The molecule has 3 nitrogen and oxygen atoms in total. The highest BCUT2D eigenvalue weighted by atomic mass is 19.2. The van der Waals surface area contributed by atoms with Crippen LogP contribution < -0.4 is 9.47 Å². The fraction of sp³-hybridized carbons (Fsp3) is 0.188. The predicted octanol–water partition coefficient (Wildman–Crippen LogP) is 3.96. The molecule has 7 heteroatoms. The minimum absolute atomic E-state index is 0.117. The van der Waals surface area contributed by atoms with Gasteiger partial charge in [0.25, 0.3) is 0 Å². The summed E-state index contributed by atoms with van der Waals surface area (Å²) in [5.41, 5.74) is 0.486. The number of nitriles is 1. The number of rotatable bonds is 6. The van der Waals surface area contributed by atoms with Gasteiger partial charge in [-0.1, -0.05) is 0 Å². The van der Waals surface area contributed by atoms with Crippen LogP contribution in [0.15, 0.2) is 30.3 Å². The average Bonchev–Trinajstić information content (AvgIpc) is 2.56. The Morgan fingerprint density at radius 1 is 0.870 bits per heavy atom. The minimum Gasteiger partial charge on any atom is -0.493 e. The summed E-state index contributed by atoms with van der Waals surface area (Å²) in [6.45, 7) is -0.0278. The lowest BCUT2D eigenvalue weighted by molar-refractivity contribution is 0.229. The van der Waals surface area contributed by atoms with Crippen LogP contribution in [-0.4, -0.2) is 13.2 Å². The molecule has 0 aliphatic carbocycles. The molecule has 2 rings (SSSR count). The van der Waals surface area contributed by atoms with Crippen LogP contribution in [0.25, 0.3) is 0 Å². The summed E-state index contributed by atoms with van der Waals surface area (Å²) in [4.78, 5) is 0. The Hall–Kier alpha value is -2.75. The fourth-order valence-electron chi connectivity index (χ4n) is 1.73. The van der Waals surface area contributed by atoms with Crippen molar-refractivity contribution < 1.29 is 27.0 Å². The highest BCUT2D eigenvalue weighted by Crippen LogP contribution is 2.26. The second kappa shape index (κ2) is 7.49. The third-order valence-corrected chi connectivity index (χ3v) is 2.86. The average molecular weight is 325 g/mol. The van der Waals surface area contributed by atoms with Crippen LogP contribution in [-0.2, 0) is 0 Å². The summed E-state index contributed by atoms with van der Waals surface area (Å²) in [6.07, 6.45) is 0.233. The van der Waals surface area contributed by atoms with Gasteiger partial charge in [-0.05, 0) is 24.3 Å². The largest absolute Gasteiger partial charge is 0.493 e. The van der Waals surface area contributed by atoms with Gasteiger partial charge in [0.05, 0.1) is 24.8 Å². The molecule has 0 bridgehead atoms. The van der Waals surface area contributed by atoms with Crippen molar-refractivity contribution in [3.63, 3.8) is 0 Å². The van der Waals surface area contributed by atoms with E-state index in [0.717, 1.165) is 0 Å². The fourth-order valence-corrected chi connectivity index (χ4v) is 1.73. The van der Waals surface area contributed by atoms with Gasteiger partial charge in [0, 0.05) is 12.5 Å². The Bertz CT molecular complexity index is 700. The van der Waals surface area contributed by atoms with Gasteiger partial charge < -0.3 is 9.47 Å². The van der Waals surface area contributed by atoms with Crippen LogP contribution in [0.2, 0.25) is 0 Å². The first-order valence-electron chi connectivity index (χ1n) is 6.61. The lowest BCUT2D eigenvalue weighted by atomic mass is 10.2. The van der Waals surface area contributed by atoms with E-state index in [4.69, 9.17) is 14.7 Å². The summed E-state index contributed by atoms with van der Waals surface area (Å²) < 4.78 is 62.7. The molecule has 0 aliphatic heterocycles. The number of hydrogen-bond acceptors (Lipinski definition) is 3. The van der Waals surface area contributed by atoms with Crippen molar-refractivity contribution in [2.24, 2.45) is 0 Å². The van der Waals surface area contributed by atoms with E-state index in [-0.39, 0.29) is 25.7 Å². The maximum atomic E-state index is 13.3. The maximum absolute atomic E-state index is 13.3. The molecular weight excluding hydrogens is 314 g/mol. The summed E-state index contributed by atoms with van der Waals surface area (Å²) >= 11 is 0. The molecule has 0 spiro atoms. The Labute approximate surface area is 129 Å². The van der Waals surface area contributed by atoms with Crippen molar-refractivity contribution in [2.45, 2.75) is 6.42 Å². The quantitative estimate of drug-likeness (QED) is 0.459. The molecule has 0 aliphatic rings. The molecule has 2 aromatic carbocycles. The molecule has 0 saturated carbocycles. The zero-order valence-electron chi connectivity index (χ0n) is 11.8. The molecular formula is C16H11F4NO2. The molecule has 0 saturated heterocycles. The van der Waals surface area contributed by atoms with E-state index >= 15 is 0 Å². The molecule has 0 heterocycles. The molecule has 2 aromatic rings. The summed E-state index contributed by atoms with van der Waals surface area (Å²) in [7, 11) is 0. The van der Waals surface area contributed by atoms with Crippen LogP contribution in [0, 0.1) is 34.6 Å². The molecule has 0 fully saturated rings. The molecule has 0 N–H and O–H groups in total. The van der Waals surface area contributed by atoms with Crippen LogP contribution in [0.4, 0.5) is 17.6 Å². The monoisotopic (exact) mass is 325 g/mol. The second-order valence-electron chi connectivity index (χ2n) is 4.48. The van der Waals surface area contributed by atoms with E-state index < -0.39 is 29.0 Å². The molecule has 0 atom stereocenters. The highest BCUT2D eigenvalue weighted by Gasteiger charge is 2.20. The van der Waals surface area contributed by atoms with Gasteiger partial charge in [-0.15, -0.1) is 0 Å². The first-order valence-corrected chi connectivity index (χ1v) is 6.61. The van der Waals surface area contributed by atoms with Crippen LogP contribution in [0.5, 0.6) is 11.5 Å². The molecule has 0 amide bonds. The summed E-state index contributed by atoms with van der Waals surface area (Å²) in [5.74, 6) is -6.76. The minimum atomic E-state index is -1.57. The topological polar surface area (TPSA) is 42.2 Å². The number of nitrogens with zero attached hydrogens (tertiary/aromatic N) is 1. The first-order chi connectivity index (χ1) is 11.0. The van der Waals surface area contributed by atoms with Crippen LogP contribution in [0.3, 0.4) is 0 Å². The molecule has 0 aromatic heterocycles. The SMILES string of the molecule is N#Cc1ccc(OCCCOc2c(F)c(F)cc(F)c2F)cc1. The van der Waals surface area contributed by atoms with Crippen LogP contribution >= 0.6 is 0 Å². The highest BCUT2D eigenvalue weighted by molar-refractivity contribution is 5.34. The molecule has 0 radical (unpaired) electrons. The Kier molecular flexibility index (Phi) is 5.41. The van der Waals surface area contributed by atoms with Gasteiger partial charge in [0.15, 0.2) is 17.4 Å². The predicted molar refractivity (Wildman–Crippen MR) is 73.0 cm³/mol. The van der Waals surface area contributed by atoms with Crippen molar-refractivity contribution in [1.29, 1.82) is 5.26 Å². The lowest BCUT2D eigenvalue weighted by Crippen LogP contribution is -2.08. The normalized spacial score (nSPS) is 10.2. The zero-order chi connectivity index (χ0) is 16.8. The number of ether oxygens (including phenoxy) is 2. The van der Waals surface area contributed by atoms with Crippen molar-refractivity contribution in [3.8, 4) is 17.6 Å². The van der Waals surface area contributed by atoms with Gasteiger partial charge in [0.2, 0.25) is 11.6 Å². The summed E-state index contributed by atoms with van der Waals surface area (Å²) in [5, 5.41) is 8.64. The standard InChI is InChI=1S/C16H11F4NO2/c17-12-8-13(18)15(20)16(14(12)19)23-7-1-6-22-11-4-2-10(9-21)3-5-11/h2-5,8H,1,6-7H2. The number of benzene rings is 2. The number of halogens is 4. The van der Waals surface area contributed by atoms with Crippen molar-refractivity contribution in [2.75, 3.05) is 13.2 Å². The van der Waals surface area contributed by atoms with E-state index in [1.807, 2.05) is 6.07 Å². The van der Waals surface area contributed by atoms with Crippen molar-refractivity contribution in [1.82, 2.24) is 0 Å². The second-order valence-corrected chi connectivity index (χ2v) is 4.48. The number of hydrogen-bond donors (Lipinski definition) is 0. The van der Waals surface area contributed by atoms with E-state index in [2.05, 4.69) is 0 Å². The zero-order valence-corrected chi connectivity index (χ0v) is 11.8.